The quantitative estimate of drug-likeness (QED) is 0.602. The van der Waals surface area contributed by atoms with Gasteiger partial charge in [-0.3, -0.25) is 4.90 Å². The molecular formula is C11H11F4NO. The highest BCUT2D eigenvalue weighted by Crippen LogP contribution is 2.28. The summed E-state index contributed by atoms with van der Waals surface area (Å²) in [6.07, 6.45) is -0.430. The molecule has 2 rings (SSSR count). The van der Waals surface area contributed by atoms with E-state index in [1.807, 2.05) is 11.8 Å². The fourth-order valence-electron chi connectivity index (χ4n) is 1.68. The van der Waals surface area contributed by atoms with Crippen LogP contribution in [0.5, 0.6) is 5.75 Å². The van der Waals surface area contributed by atoms with Gasteiger partial charge in [0.1, 0.15) is 6.10 Å². The normalized spacial score (nSPS) is 17.0. The number of hydrogen-bond donors (Lipinski definition) is 0. The highest BCUT2D eigenvalue weighted by molar-refractivity contribution is 5.29. The van der Waals surface area contributed by atoms with Gasteiger partial charge in [0.15, 0.2) is 17.4 Å². The highest BCUT2D eigenvalue weighted by Gasteiger charge is 2.30. The van der Waals surface area contributed by atoms with Crippen molar-refractivity contribution in [2.45, 2.75) is 13.0 Å². The number of halogens is 4. The zero-order valence-electron chi connectivity index (χ0n) is 9.14. The molecule has 17 heavy (non-hydrogen) atoms. The van der Waals surface area contributed by atoms with Crippen LogP contribution in [0, 0.1) is 23.3 Å². The summed E-state index contributed by atoms with van der Waals surface area (Å²) in [5, 5.41) is 0. The second kappa shape index (κ2) is 4.52. The van der Waals surface area contributed by atoms with E-state index in [0.29, 0.717) is 13.1 Å². The van der Waals surface area contributed by atoms with Gasteiger partial charge in [-0.15, -0.1) is 0 Å². The molecule has 6 heteroatoms. The molecule has 1 fully saturated rings. The number of rotatable bonds is 3. The molecule has 0 aliphatic carbocycles. The van der Waals surface area contributed by atoms with Crippen LogP contribution >= 0.6 is 0 Å². The molecule has 0 aromatic heterocycles. The minimum Gasteiger partial charge on any atom is -0.481 e. The predicted octanol–water partition coefficient (Wildman–Crippen LogP) is 2.33. The lowest BCUT2D eigenvalue weighted by Gasteiger charge is -2.38. The highest BCUT2D eigenvalue weighted by atomic mass is 19.2. The first kappa shape index (κ1) is 12.2. The van der Waals surface area contributed by atoms with E-state index < -0.39 is 35.1 Å². The molecule has 0 saturated carbocycles. The Morgan fingerprint density at radius 3 is 2.18 bits per heavy atom. The minimum atomic E-state index is -1.49. The SMILES string of the molecule is CCN1CC(Oc2c(F)c(F)cc(F)c2F)C1. The molecule has 94 valence electrons. The Kier molecular flexibility index (Phi) is 3.24. The number of hydrogen-bond acceptors (Lipinski definition) is 2. The molecule has 0 amide bonds. The summed E-state index contributed by atoms with van der Waals surface area (Å²) in [6.45, 7) is 3.71. The van der Waals surface area contributed by atoms with Gasteiger partial charge in [0, 0.05) is 19.2 Å². The summed E-state index contributed by atoms with van der Waals surface area (Å²) in [6, 6.07) is 0.163. The molecule has 2 nitrogen and oxygen atoms in total. The number of benzene rings is 1. The van der Waals surface area contributed by atoms with Crippen molar-refractivity contribution in [1.82, 2.24) is 4.90 Å². The van der Waals surface area contributed by atoms with E-state index in [-0.39, 0.29) is 6.07 Å². The predicted molar refractivity (Wildman–Crippen MR) is 52.8 cm³/mol. The number of likely N-dealkylation sites (tertiary alicyclic amines) is 1. The molecule has 0 bridgehead atoms. The molecule has 0 radical (unpaired) electrons. The van der Waals surface area contributed by atoms with Crippen molar-refractivity contribution in [3.63, 3.8) is 0 Å². The van der Waals surface area contributed by atoms with Gasteiger partial charge >= 0.3 is 0 Å². The van der Waals surface area contributed by atoms with Gasteiger partial charge in [-0.05, 0) is 6.54 Å². The van der Waals surface area contributed by atoms with Gasteiger partial charge in [0.2, 0.25) is 11.6 Å². The zero-order valence-corrected chi connectivity index (χ0v) is 9.14. The smallest absolute Gasteiger partial charge is 0.203 e. The first-order chi connectivity index (χ1) is 8.02. The summed E-state index contributed by atoms with van der Waals surface area (Å²) in [5.41, 5.74) is 0. The molecule has 0 unspecified atom stereocenters. The van der Waals surface area contributed by atoms with Gasteiger partial charge in [-0.25, -0.2) is 8.78 Å². The van der Waals surface area contributed by atoms with E-state index >= 15 is 0 Å². The largest absolute Gasteiger partial charge is 0.481 e. The van der Waals surface area contributed by atoms with Gasteiger partial charge in [0.25, 0.3) is 0 Å². The topological polar surface area (TPSA) is 12.5 Å². The Hall–Kier alpha value is -1.30. The van der Waals surface area contributed by atoms with E-state index in [2.05, 4.69) is 0 Å². The number of nitrogens with zero attached hydrogens (tertiary/aromatic N) is 1. The van der Waals surface area contributed by atoms with E-state index in [0.717, 1.165) is 6.54 Å². The van der Waals surface area contributed by atoms with Crippen molar-refractivity contribution in [2.24, 2.45) is 0 Å². The van der Waals surface area contributed by atoms with Gasteiger partial charge in [-0.1, -0.05) is 6.92 Å². The molecule has 0 atom stereocenters. The van der Waals surface area contributed by atoms with Gasteiger partial charge < -0.3 is 4.74 Å². The van der Waals surface area contributed by atoms with Crippen molar-refractivity contribution in [3.8, 4) is 5.75 Å². The fraction of sp³-hybridized carbons (Fsp3) is 0.455. The van der Waals surface area contributed by atoms with Gasteiger partial charge in [0.05, 0.1) is 0 Å². The average Bonchev–Trinajstić information content (AvgIpc) is 2.24. The summed E-state index contributed by atoms with van der Waals surface area (Å²) < 4.78 is 57.1. The Balaban J connectivity index is 2.16. The Morgan fingerprint density at radius 1 is 1.18 bits per heavy atom. The van der Waals surface area contributed by atoms with Crippen molar-refractivity contribution in [1.29, 1.82) is 0 Å². The van der Waals surface area contributed by atoms with Crippen molar-refractivity contribution in [2.75, 3.05) is 19.6 Å². The van der Waals surface area contributed by atoms with Crippen LogP contribution in [0.2, 0.25) is 0 Å². The molecule has 0 spiro atoms. The lowest BCUT2D eigenvalue weighted by atomic mass is 10.1. The standard InChI is InChI=1S/C11H11F4NO/c1-2-16-4-6(5-16)17-11-9(14)7(12)3-8(13)10(11)15/h3,6H,2,4-5H2,1H3. The monoisotopic (exact) mass is 249 g/mol. The number of likely N-dealkylation sites (N-methyl/N-ethyl adjacent to an activating group) is 1. The summed E-state index contributed by atoms with van der Waals surface area (Å²) in [7, 11) is 0. The summed E-state index contributed by atoms with van der Waals surface area (Å²) >= 11 is 0. The van der Waals surface area contributed by atoms with E-state index in [1.54, 1.807) is 0 Å². The average molecular weight is 249 g/mol. The molecular weight excluding hydrogens is 238 g/mol. The fourth-order valence-corrected chi connectivity index (χ4v) is 1.68. The maximum atomic E-state index is 13.2. The maximum absolute atomic E-state index is 13.2. The lowest BCUT2D eigenvalue weighted by molar-refractivity contribution is 0.0179. The van der Waals surface area contributed by atoms with Crippen LogP contribution in [0.15, 0.2) is 6.07 Å². The Morgan fingerprint density at radius 2 is 1.71 bits per heavy atom. The number of ether oxygens (including phenoxy) is 1. The van der Waals surface area contributed by atoms with E-state index in [1.165, 1.54) is 0 Å². The van der Waals surface area contributed by atoms with Gasteiger partial charge in [-0.2, -0.15) is 8.78 Å². The second-order valence-electron chi connectivity index (χ2n) is 3.89. The van der Waals surface area contributed by atoms with Crippen LogP contribution in [0.25, 0.3) is 0 Å². The van der Waals surface area contributed by atoms with E-state index in [9.17, 15) is 17.6 Å². The second-order valence-corrected chi connectivity index (χ2v) is 3.89. The van der Waals surface area contributed by atoms with E-state index in [4.69, 9.17) is 4.74 Å². The minimum absolute atomic E-state index is 0.163. The van der Waals surface area contributed by atoms with Crippen LogP contribution < -0.4 is 4.74 Å². The third-order valence-corrected chi connectivity index (χ3v) is 2.73. The summed E-state index contributed by atoms with van der Waals surface area (Å²) in [4.78, 5) is 1.97. The molecule has 1 saturated heterocycles. The van der Waals surface area contributed by atoms with Crippen LogP contribution in [-0.2, 0) is 0 Å². The molecule has 1 aromatic rings. The molecule has 0 N–H and O–H groups in total. The van der Waals surface area contributed by atoms with Crippen LogP contribution in [0.1, 0.15) is 6.92 Å². The third-order valence-electron chi connectivity index (χ3n) is 2.73. The van der Waals surface area contributed by atoms with Crippen molar-refractivity contribution >= 4 is 0 Å². The van der Waals surface area contributed by atoms with Crippen LogP contribution in [-0.4, -0.2) is 30.6 Å². The lowest BCUT2D eigenvalue weighted by Crippen LogP contribution is -2.53. The molecule has 1 heterocycles. The van der Waals surface area contributed by atoms with Crippen molar-refractivity contribution in [3.05, 3.63) is 29.3 Å². The third kappa shape index (κ3) is 2.22. The summed E-state index contributed by atoms with van der Waals surface area (Å²) in [5.74, 6) is -6.85. The zero-order chi connectivity index (χ0) is 12.6. The Labute approximate surface area is 95.8 Å². The molecule has 1 aliphatic rings. The molecule has 1 aromatic carbocycles. The molecule has 1 aliphatic heterocycles. The van der Waals surface area contributed by atoms with Crippen LogP contribution in [0.4, 0.5) is 17.6 Å². The first-order valence-corrected chi connectivity index (χ1v) is 5.25. The van der Waals surface area contributed by atoms with Crippen molar-refractivity contribution < 1.29 is 22.3 Å². The Bertz CT molecular complexity index is 406. The van der Waals surface area contributed by atoms with Crippen LogP contribution in [0.3, 0.4) is 0 Å². The first-order valence-electron chi connectivity index (χ1n) is 5.25. The maximum Gasteiger partial charge on any atom is 0.203 e.